The van der Waals surface area contributed by atoms with Crippen LogP contribution in [0.1, 0.15) is 16.0 Å². The highest BCUT2D eigenvalue weighted by atomic mass is 32.2. The summed E-state index contributed by atoms with van der Waals surface area (Å²) >= 11 is 2.95. The summed E-state index contributed by atoms with van der Waals surface area (Å²) in [6.45, 7) is 4.59. The van der Waals surface area contributed by atoms with E-state index in [1.165, 1.54) is 11.8 Å². The maximum atomic E-state index is 12.0. The minimum absolute atomic E-state index is 0.0380. The molecule has 124 valence electrons. The maximum absolute atomic E-state index is 12.0. The van der Waals surface area contributed by atoms with Gasteiger partial charge in [0, 0.05) is 4.88 Å². The topological polar surface area (TPSA) is 72.7 Å². The van der Waals surface area contributed by atoms with E-state index < -0.39 is 0 Å². The Bertz CT molecular complexity index is 829. The third-order valence-electron chi connectivity index (χ3n) is 3.41. The highest BCUT2D eigenvalue weighted by Gasteiger charge is 2.13. The highest BCUT2D eigenvalue weighted by molar-refractivity contribution is 7.99. The minimum atomic E-state index is -0.0380. The van der Waals surface area contributed by atoms with E-state index >= 15 is 0 Å². The second-order valence-electron chi connectivity index (χ2n) is 5.31. The predicted octanol–water partition coefficient (Wildman–Crippen LogP) is 2.75. The molecule has 0 saturated carbocycles. The Morgan fingerprint density at radius 1 is 1.33 bits per heavy atom. The largest absolute Gasteiger partial charge is 0.350 e. The molecule has 3 aromatic rings. The Morgan fingerprint density at radius 3 is 3.00 bits per heavy atom. The zero-order valence-electron chi connectivity index (χ0n) is 13.4. The Balaban J connectivity index is 1.63. The molecule has 0 aliphatic rings. The lowest BCUT2D eigenvalue weighted by atomic mass is 10.1. The summed E-state index contributed by atoms with van der Waals surface area (Å²) in [7, 11) is 0. The van der Waals surface area contributed by atoms with Gasteiger partial charge in [-0.25, -0.2) is 0 Å². The van der Waals surface area contributed by atoms with Gasteiger partial charge in [0.2, 0.25) is 11.1 Å². The first-order chi connectivity index (χ1) is 11.6. The number of rotatable bonds is 6. The number of aryl methyl sites for hydroxylation is 2. The van der Waals surface area contributed by atoms with Gasteiger partial charge in [-0.15, -0.1) is 16.4 Å². The molecule has 2 heterocycles. The molecule has 8 heteroatoms. The van der Waals surface area contributed by atoms with Crippen LogP contribution in [0.3, 0.4) is 0 Å². The first-order valence-corrected chi connectivity index (χ1v) is 9.28. The Kier molecular flexibility index (Phi) is 5.27. The first-order valence-electron chi connectivity index (χ1n) is 7.41. The number of benzene rings is 1. The summed E-state index contributed by atoms with van der Waals surface area (Å²) in [5.41, 5.74) is 3.15. The first kappa shape index (κ1) is 16.7. The quantitative estimate of drug-likeness (QED) is 0.685. The average molecular weight is 359 g/mol. The maximum Gasteiger partial charge on any atom is 0.230 e. The predicted molar refractivity (Wildman–Crippen MR) is 95.5 cm³/mol. The van der Waals surface area contributed by atoms with Gasteiger partial charge < -0.3 is 5.32 Å². The molecule has 0 aliphatic carbocycles. The highest BCUT2D eigenvalue weighted by Crippen LogP contribution is 2.21. The van der Waals surface area contributed by atoms with Crippen LogP contribution in [-0.4, -0.2) is 31.9 Å². The fourth-order valence-electron chi connectivity index (χ4n) is 2.15. The van der Waals surface area contributed by atoms with Crippen LogP contribution in [0.15, 0.2) is 40.9 Å². The summed E-state index contributed by atoms with van der Waals surface area (Å²) in [6.07, 6.45) is 0. The van der Waals surface area contributed by atoms with Gasteiger partial charge in [-0.1, -0.05) is 30.0 Å². The molecule has 1 aromatic carbocycles. The second-order valence-corrected chi connectivity index (χ2v) is 7.28. The standard InChI is InChI=1S/C16H17N5OS2/c1-11-5-6-12(2)14(8-11)21-16(18-19-20-21)24-10-15(22)17-9-13-4-3-7-23-13/h3-8H,9-10H2,1-2H3,(H,17,22). The van der Waals surface area contributed by atoms with Gasteiger partial charge in [-0.05, 0) is 52.9 Å². The van der Waals surface area contributed by atoms with Crippen LogP contribution in [-0.2, 0) is 11.3 Å². The fraction of sp³-hybridized carbons (Fsp3) is 0.250. The Labute approximate surface area is 148 Å². The molecule has 6 nitrogen and oxygen atoms in total. The normalized spacial score (nSPS) is 10.8. The SMILES string of the molecule is Cc1ccc(C)c(-n2nnnc2SCC(=O)NCc2cccs2)c1. The molecule has 0 spiro atoms. The fourth-order valence-corrected chi connectivity index (χ4v) is 3.51. The number of carbonyl (C=O) groups excluding carboxylic acids is 1. The van der Waals surface area contributed by atoms with Crippen LogP contribution in [0.2, 0.25) is 0 Å². The molecule has 0 fully saturated rings. The van der Waals surface area contributed by atoms with Crippen LogP contribution >= 0.6 is 23.1 Å². The van der Waals surface area contributed by atoms with Crippen molar-refractivity contribution in [3.63, 3.8) is 0 Å². The van der Waals surface area contributed by atoms with Gasteiger partial charge in [-0.3, -0.25) is 4.79 Å². The molecule has 2 aromatic heterocycles. The van der Waals surface area contributed by atoms with E-state index in [2.05, 4.69) is 20.8 Å². The van der Waals surface area contributed by atoms with E-state index in [0.29, 0.717) is 11.7 Å². The number of tetrazole rings is 1. The van der Waals surface area contributed by atoms with Crippen LogP contribution in [0.5, 0.6) is 0 Å². The van der Waals surface area contributed by atoms with E-state index in [4.69, 9.17) is 0 Å². The molecule has 3 rings (SSSR count). The number of carbonyl (C=O) groups is 1. The lowest BCUT2D eigenvalue weighted by molar-refractivity contribution is -0.118. The Morgan fingerprint density at radius 2 is 2.21 bits per heavy atom. The van der Waals surface area contributed by atoms with Crippen molar-refractivity contribution in [2.45, 2.75) is 25.5 Å². The van der Waals surface area contributed by atoms with Crippen LogP contribution in [0.4, 0.5) is 0 Å². The molecule has 24 heavy (non-hydrogen) atoms. The smallest absolute Gasteiger partial charge is 0.230 e. The van der Waals surface area contributed by atoms with Crippen molar-refractivity contribution in [2.75, 3.05) is 5.75 Å². The van der Waals surface area contributed by atoms with Crippen molar-refractivity contribution in [1.82, 2.24) is 25.5 Å². The zero-order valence-corrected chi connectivity index (χ0v) is 15.0. The molecule has 0 saturated heterocycles. The number of nitrogens with one attached hydrogen (secondary N) is 1. The number of aromatic nitrogens is 4. The van der Waals surface area contributed by atoms with Crippen LogP contribution in [0, 0.1) is 13.8 Å². The average Bonchev–Trinajstić information content (AvgIpc) is 3.24. The van der Waals surface area contributed by atoms with E-state index in [-0.39, 0.29) is 11.7 Å². The zero-order chi connectivity index (χ0) is 16.9. The number of thiophene rings is 1. The third kappa shape index (κ3) is 4.01. The number of thioether (sulfide) groups is 1. The van der Waals surface area contributed by atoms with Gasteiger partial charge in [0.05, 0.1) is 18.0 Å². The summed E-state index contributed by atoms with van der Waals surface area (Å²) in [5, 5.41) is 17.3. The molecule has 1 N–H and O–H groups in total. The lowest BCUT2D eigenvalue weighted by Crippen LogP contribution is -2.24. The van der Waals surface area contributed by atoms with E-state index in [1.54, 1.807) is 16.0 Å². The second kappa shape index (κ2) is 7.59. The van der Waals surface area contributed by atoms with E-state index in [0.717, 1.165) is 21.7 Å². The van der Waals surface area contributed by atoms with Gasteiger partial charge >= 0.3 is 0 Å². The van der Waals surface area contributed by atoms with Crippen molar-refractivity contribution < 1.29 is 4.79 Å². The monoisotopic (exact) mass is 359 g/mol. The van der Waals surface area contributed by atoms with Crippen LogP contribution < -0.4 is 5.32 Å². The van der Waals surface area contributed by atoms with Crippen molar-refractivity contribution in [3.8, 4) is 5.69 Å². The van der Waals surface area contributed by atoms with E-state index in [1.807, 2.05) is 49.6 Å². The summed E-state index contributed by atoms with van der Waals surface area (Å²) in [5.74, 6) is 0.236. The van der Waals surface area contributed by atoms with E-state index in [9.17, 15) is 4.79 Å². The molecular weight excluding hydrogens is 342 g/mol. The van der Waals surface area contributed by atoms with Crippen molar-refractivity contribution in [2.24, 2.45) is 0 Å². The molecule has 0 radical (unpaired) electrons. The van der Waals surface area contributed by atoms with Gasteiger partial charge in [0.15, 0.2) is 0 Å². The molecule has 1 amide bonds. The number of hydrogen-bond donors (Lipinski definition) is 1. The number of hydrogen-bond acceptors (Lipinski definition) is 6. The molecule has 0 unspecified atom stereocenters. The molecule has 0 aliphatic heterocycles. The third-order valence-corrected chi connectivity index (χ3v) is 5.20. The van der Waals surface area contributed by atoms with Crippen LogP contribution in [0.25, 0.3) is 5.69 Å². The van der Waals surface area contributed by atoms with Gasteiger partial charge in [0.1, 0.15) is 0 Å². The van der Waals surface area contributed by atoms with Gasteiger partial charge in [-0.2, -0.15) is 4.68 Å². The lowest BCUT2D eigenvalue weighted by Gasteiger charge is -2.08. The van der Waals surface area contributed by atoms with Gasteiger partial charge in [0.25, 0.3) is 0 Å². The molecule has 0 atom stereocenters. The van der Waals surface area contributed by atoms with Crippen molar-refractivity contribution >= 4 is 29.0 Å². The summed E-state index contributed by atoms with van der Waals surface area (Å²) in [6, 6.07) is 10.1. The number of nitrogens with zero attached hydrogens (tertiary/aromatic N) is 4. The Hall–Kier alpha value is -2.19. The molecular formula is C16H17N5OS2. The van der Waals surface area contributed by atoms with Crippen molar-refractivity contribution in [1.29, 1.82) is 0 Å². The minimum Gasteiger partial charge on any atom is -0.350 e. The molecule has 0 bridgehead atoms. The van der Waals surface area contributed by atoms with Crippen molar-refractivity contribution in [3.05, 3.63) is 51.7 Å². The summed E-state index contributed by atoms with van der Waals surface area (Å²) < 4.78 is 1.68. The summed E-state index contributed by atoms with van der Waals surface area (Å²) in [4.78, 5) is 13.1. The number of amides is 1.